The summed E-state index contributed by atoms with van der Waals surface area (Å²) < 4.78 is 5.02. The number of ether oxygens (including phenoxy) is 1. The van der Waals surface area contributed by atoms with E-state index in [1.165, 1.54) is 13.2 Å². The van der Waals surface area contributed by atoms with Crippen molar-refractivity contribution in [2.24, 2.45) is 0 Å². The summed E-state index contributed by atoms with van der Waals surface area (Å²) in [5, 5.41) is 9.25. The Morgan fingerprint density at radius 1 is 1.21 bits per heavy atom. The van der Waals surface area contributed by atoms with Crippen molar-refractivity contribution in [3.8, 4) is 16.9 Å². The van der Waals surface area contributed by atoms with Crippen molar-refractivity contribution in [3.63, 3.8) is 0 Å². The summed E-state index contributed by atoms with van der Waals surface area (Å²) in [6.07, 6.45) is 0.730. The number of carbonyl (C=O) groups excluding carboxylic acids is 1. The van der Waals surface area contributed by atoms with Gasteiger partial charge < -0.3 is 9.84 Å². The number of aldehydes is 1. The SMILES string of the molecule is COc1ccc(-c2cccc(C=O)c2)c(C(=O)O)c1. The summed E-state index contributed by atoms with van der Waals surface area (Å²) >= 11 is 0. The summed E-state index contributed by atoms with van der Waals surface area (Å²) in [4.78, 5) is 22.1. The van der Waals surface area contributed by atoms with Gasteiger partial charge in [0.15, 0.2) is 0 Å². The summed E-state index contributed by atoms with van der Waals surface area (Å²) in [7, 11) is 1.48. The molecule has 0 atom stereocenters. The fourth-order valence-electron chi connectivity index (χ4n) is 1.86. The van der Waals surface area contributed by atoms with Crippen molar-refractivity contribution in [2.75, 3.05) is 7.11 Å². The Kier molecular flexibility index (Phi) is 3.61. The topological polar surface area (TPSA) is 63.6 Å². The highest BCUT2D eigenvalue weighted by molar-refractivity contribution is 5.97. The van der Waals surface area contributed by atoms with Crippen molar-refractivity contribution in [3.05, 3.63) is 53.6 Å². The van der Waals surface area contributed by atoms with E-state index >= 15 is 0 Å². The van der Waals surface area contributed by atoms with E-state index in [1.54, 1.807) is 36.4 Å². The van der Waals surface area contributed by atoms with Gasteiger partial charge >= 0.3 is 5.97 Å². The first-order chi connectivity index (χ1) is 9.15. The largest absolute Gasteiger partial charge is 0.497 e. The van der Waals surface area contributed by atoms with E-state index in [0.717, 1.165) is 6.29 Å². The van der Waals surface area contributed by atoms with E-state index in [4.69, 9.17) is 4.74 Å². The van der Waals surface area contributed by atoms with Crippen LogP contribution in [0.2, 0.25) is 0 Å². The van der Waals surface area contributed by atoms with Crippen LogP contribution in [0.15, 0.2) is 42.5 Å². The van der Waals surface area contributed by atoms with Crippen molar-refractivity contribution in [1.82, 2.24) is 0 Å². The van der Waals surface area contributed by atoms with Crippen LogP contribution in [0, 0.1) is 0 Å². The van der Waals surface area contributed by atoms with Gasteiger partial charge in [0, 0.05) is 5.56 Å². The molecule has 4 heteroatoms. The third kappa shape index (κ3) is 2.63. The molecule has 0 unspecified atom stereocenters. The number of methoxy groups -OCH3 is 1. The van der Waals surface area contributed by atoms with Gasteiger partial charge in [0.1, 0.15) is 12.0 Å². The molecule has 4 nitrogen and oxygen atoms in total. The van der Waals surface area contributed by atoms with Crippen LogP contribution in [0.3, 0.4) is 0 Å². The van der Waals surface area contributed by atoms with Gasteiger partial charge in [-0.1, -0.05) is 18.2 Å². The molecule has 0 saturated heterocycles. The molecule has 96 valence electrons. The normalized spacial score (nSPS) is 9.95. The smallest absolute Gasteiger partial charge is 0.336 e. The van der Waals surface area contributed by atoms with E-state index in [9.17, 15) is 14.7 Å². The number of carboxylic acids is 1. The maximum atomic E-state index is 11.3. The lowest BCUT2D eigenvalue weighted by molar-refractivity contribution is 0.0697. The van der Waals surface area contributed by atoms with E-state index in [2.05, 4.69) is 0 Å². The Bertz CT molecular complexity index is 632. The van der Waals surface area contributed by atoms with E-state index in [-0.39, 0.29) is 5.56 Å². The molecular weight excluding hydrogens is 244 g/mol. The van der Waals surface area contributed by atoms with Crippen molar-refractivity contribution in [1.29, 1.82) is 0 Å². The second-order valence-corrected chi connectivity index (χ2v) is 3.96. The van der Waals surface area contributed by atoms with Crippen LogP contribution in [0.4, 0.5) is 0 Å². The molecule has 2 rings (SSSR count). The quantitative estimate of drug-likeness (QED) is 0.854. The number of carboxylic acid groups (broad SMARTS) is 1. The molecule has 0 aliphatic heterocycles. The lowest BCUT2D eigenvalue weighted by atomic mass is 9.98. The van der Waals surface area contributed by atoms with Crippen molar-refractivity contribution in [2.45, 2.75) is 0 Å². The zero-order valence-electron chi connectivity index (χ0n) is 10.3. The van der Waals surface area contributed by atoms with Gasteiger partial charge in [-0.05, 0) is 35.4 Å². The molecule has 19 heavy (non-hydrogen) atoms. The second kappa shape index (κ2) is 5.35. The Labute approximate surface area is 110 Å². The standard InChI is InChI=1S/C15H12O4/c1-19-12-5-6-13(14(8-12)15(17)18)11-4-2-3-10(7-11)9-16/h2-9H,1H3,(H,17,18). The van der Waals surface area contributed by atoms with Gasteiger partial charge in [-0.3, -0.25) is 4.79 Å². The molecule has 0 fully saturated rings. The number of aromatic carboxylic acids is 1. The Morgan fingerprint density at radius 2 is 2.00 bits per heavy atom. The van der Waals surface area contributed by atoms with Gasteiger partial charge in [0.05, 0.1) is 12.7 Å². The summed E-state index contributed by atoms with van der Waals surface area (Å²) in [6.45, 7) is 0. The van der Waals surface area contributed by atoms with Gasteiger partial charge in [-0.25, -0.2) is 4.79 Å². The van der Waals surface area contributed by atoms with E-state index in [1.807, 2.05) is 0 Å². The van der Waals surface area contributed by atoms with Gasteiger partial charge in [-0.2, -0.15) is 0 Å². The monoisotopic (exact) mass is 256 g/mol. The molecule has 0 aliphatic carbocycles. The summed E-state index contributed by atoms with van der Waals surface area (Å²) in [5.74, 6) is -0.557. The fourth-order valence-corrected chi connectivity index (χ4v) is 1.86. The van der Waals surface area contributed by atoms with E-state index in [0.29, 0.717) is 22.4 Å². The predicted octanol–water partition coefficient (Wildman–Crippen LogP) is 2.87. The highest BCUT2D eigenvalue weighted by atomic mass is 16.5. The van der Waals surface area contributed by atoms with Crippen LogP contribution in [0.1, 0.15) is 20.7 Å². The molecule has 0 bridgehead atoms. The van der Waals surface area contributed by atoms with Crippen LogP contribution in [0.25, 0.3) is 11.1 Å². The minimum Gasteiger partial charge on any atom is -0.497 e. The molecule has 0 heterocycles. The van der Waals surface area contributed by atoms with Crippen LogP contribution < -0.4 is 4.74 Å². The predicted molar refractivity (Wildman–Crippen MR) is 70.8 cm³/mol. The highest BCUT2D eigenvalue weighted by Crippen LogP contribution is 2.27. The van der Waals surface area contributed by atoms with Crippen molar-refractivity contribution < 1.29 is 19.4 Å². The second-order valence-electron chi connectivity index (χ2n) is 3.96. The van der Waals surface area contributed by atoms with E-state index < -0.39 is 5.97 Å². The fraction of sp³-hybridized carbons (Fsp3) is 0.0667. The number of benzene rings is 2. The highest BCUT2D eigenvalue weighted by Gasteiger charge is 2.13. The van der Waals surface area contributed by atoms with Gasteiger partial charge in [-0.15, -0.1) is 0 Å². The number of rotatable bonds is 4. The Morgan fingerprint density at radius 3 is 2.63 bits per heavy atom. The maximum absolute atomic E-state index is 11.3. The average Bonchev–Trinajstić information content (AvgIpc) is 2.46. The molecular formula is C15H12O4. The molecule has 0 aliphatic rings. The first kappa shape index (κ1) is 12.8. The molecule has 1 N–H and O–H groups in total. The third-order valence-corrected chi connectivity index (χ3v) is 2.79. The minimum atomic E-state index is -1.04. The number of hydrogen-bond acceptors (Lipinski definition) is 3. The van der Waals surface area contributed by atoms with Gasteiger partial charge in [0.25, 0.3) is 0 Å². The average molecular weight is 256 g/mol. The number of carbonyl (C=O) groups is 2. The molecule has 2 aromatic rings. The number of hydrogen-bond donors (Lipinski definition) is 1. The molecule has 0 amide bonds. The lowest BCUT2D eigenvalue weighted by Gasteiger charge is -2.09. The van der Waals surface area contributed by atoms with Crippen molar-refractivity contribution >= 4 is 12.3 Å². The zero-order chi connectivity index (χ0) is 13.8. The first-order valence-corrected chi connectivity index (χ1v) is 5.62. The Hall–Kier alpha value is -2.62. The van der Waals surface area contributed by atoms with Gasteiger partial charge in [0.2, 0.25) is 0 Å². The summed E-state index contributed by atoms with van der Waals surface area (Å²) in [5.41, 5.74) is 1.88. The lowest BCUT2D eigenvalue weighted by Crippen LogP contribution is -2.00. The molecule has 0 saturated carbocycles. The zero-order valence-corrected chi connectivity index (χ0v) is 10.3. The van der Waals surface area contributed by atoms with Crippen LogP contribution in [0.5, 0.6) is 5.75 Å². The molecule has 0 aromatic heterocycles. The first-order valence-electron chi connectivity index (χ1n) is 5.62. The molecule has 0 spiro atoms. The maximum Gasteiger partial charge on any atom is 0.336 e. The Balaban J connectivity index is 2.60. The minimum absolute atomic E-state index is 0.141. The third-order valence-electron chi connectivity index (χ3n) is 2.79. The molecule has 0 radical (unpaired) electrons. The summed E-state index contributed by atoms with van der Waals surface area (Å²) in [6, 6.07) is 11.6. The molecule has 2 aromatic carbocycles. The van der Waals surface area contributed by atoms with Crippen LogP contribution in [-0.4, -0.2) is 24.5 Å². The van der Waals surface area contributed by atoms with Crippen LogP contribution in [-0.2, 0) is 0 Å². The van der Waals surface area contributed by atoms with Crippen LogP contribution >= 0.6 is 0 Å².